The molecule has 0 aliphatic heterocycles. The molecule has 0 saturated carbocycles. The average Bonchev–Trinajstić information content (AvgIpc) is 2.16. The Hall–Kier alpha value is -1.03. The van der Waals surface area contributed by atoms with E-state index in [-0.39, 0.29) is 6.61 Å². The van der Waals surface area contributed by atoms with Gasteiger partial charge in [-0.15, -0.1) is 0 Å². The van der Waals surface area contributed by atoms with Crippen LogP contribution in [0.3, 0.4) is 0 Å². The van der Waals surface area contributed by atoms with E-state index in [0.29, 0.717) is 5.75 Å². The van der Waals surface area contributed by atoms with Crippen molar-refractivity contribution in [3.8, 4) is 5.75 Å². The monoisotopic (exact) mass is 244 g/mol. The Morgan fingerprint density at radius 2 is 2.15 bits per heavy atom. The number of rotatable bonds is 3. The molecule has 0 atom stereocenters. The van der Waals surface area contributed by atoms with Crippen molar-refractivity contribution < 1.29 is 14.3 Å². The summed E-state index contributed by atoms with van der Waals surface area (Å²) in [5, 5.41) is 0. The zero-order chi connectivity index (χ0) is 9.68. The van der Waals surface area contributed by atoms with Crippen LogP contribution in [-0.2, 0) is 9.53 Å². The molecule has 70 valence electrons. The quantitative estimate of drug-likeness (QED) is 0.764. The molecular weight excluding hydrogens is 236 g/mol. The van der Waals surface area contributed by atoms with E-state index in [2.05, 4.69) is 20.7 Å². The minimum absolute atomic E-state index is 0.0703. The number of methoxy groups -OCH3 is 1. The van der Waals surface area contributed by atoms with Crippen LogP contribution in [0.2, 0.25) is 0 Å². The van der Waals surface area contributed by atoms with Gasteiger partial charge in [0.1, 0.15) is 5.75 Å². The first-order valence-electron chi connectivity index (χ1n) is 3.68. The van der Waals surface area contributed by atoms with Gasteiger partial charge < -0.3 is 9.47 Å². The lowest BCUT2D eigenvalue weighted by Crippen LogP contribution is -2.12. The normalized spacial score (nSPS) is 9.38. The van der Waals surface area contributed by atoms with Crippen LogP contribution in [0.4, 0.5) is 0 Å². The number of carbonyl (C=O) groups is 1. The molecule has 0 saturated heterocycles. The fourth-order valence-electron chi connectivity index (χ4n) is 0.757. The molecule has 0 heterocycles. The predicted molar refractivity (Wildman–Crippen MR) is 51.7 cm³/mol. The van der Waals surface area contributed by atoms with Crippen molar-refractivity contribution >= 4 is 21.9 Å². The largest absolute Gasteiger partial charge is 0.481 e. The van der Waals surface area contributed by atoms with Gasteiger partial charge in [-0.05, 0) is 28.1 Å². The van der Waals surface area contributed by atoms with Crippen LogP contribution in [0.1, 0.15) is 0 Å². The maximum absolute atomic E-state index is 10.7. The average molecular weight is 245 g/mol. The van der Waals surface area contributed by atoms with Crippen molar-refractivity contribution in [1.29, 1.82) is 0 Å². The molecule has 13 heavy (non-hydrogen) atoms. The van der Waals surface area contributed by atoms with Crippen molar-refractivity contribution in [2.75, 3.05) is 13.7 Å². The second kappa shape index (κ2) is 4.87. The molecule has 1 rings (SSSR count). The fourth-order valence-corrected chi connectivity index (χ4v) is 1.16. The molecule has 0 aromatic heterocycles. The molecule has 1 aromatic carbocycles. The molecule has 0 spiro atoms. The third-order valence-electron chi connectivity index (χ3n) is 1.41. The van der Waals surface area contributed by atoms with Gasteiger partial charge in [0.15, 0.2) is 6.61 Å². The van der Waals surface area contributed by atoms with Crippen LogP contribution in [0.5, 0.6) is 5.75 Å². The highest BCUT2D eigenvalue weighted by molar-refractivity contribution is 9.10. The highest BCUT2D eigenvalue weighted by Crippen LogP contribution is 2.23. The van der Waals surface area contributed by atoms with E-state index in [1.807, 2.05) is 18.2 Å². The maximum Gasteiger partial charge on any atom is 0.343 e. The lowest BCUT2D eigenvalue weighted by molar-refractivity contribution is -0.142. The van der Waals surface area contributed by atoms with Gasteiger partial charge in [0.25, 0.3) is 0 Å². The Morgan fingerprint density at radius 3 is 2.77 bits per heavy atom. The number of esters is 1. The third-order valence-corrected chi connectivity index (χ3v) is 2.06. The van der Waals surface area contributed by atoms with Crippen LogP contribution in [-0.4, -0.2) is 19.7 Å². The molecule has 0 bridgehead atoms. The number of benzene rings is 1. The van der Waals surface area contributed by atoms with E-state index >= 15 is 0 Å². The summed E-state index contributed by atoms with van der Waals surface area (Å²) in [7, 11) is 1.33. The standard InChI is InChI=1S/C9H9BrO3/c1-12-9(11)6-13-8-5-3-2-4-7(8)10/h2-5H,6H2,1H3. The number of hydrogen-bond acceptors (Lipinski definition) is 3. The summed E-state index contributed by atoms with van der Waals surface area (Å²) in [5.41, 5.74) is 0. The maximum atomic E-state index is 10.7. The molecule has 0 N–H and O–H groups in total. The van der Waals surface area contributed by atoms with Gasteiger partial charge in [0, 0.05) is 0 Å². The summed E-state index contributed by atoms with van der Waals surface area (Å²) >= 11 is 3.29. The van der Waals surface area contributed by atoms with Crippen molar-refractivity contribution in [2.24, 2.45) is 0 Å². The topological polar surface area (TPSA) is 35.5 Å². The first-order valence-corrected chi connectivity index (χ1v) is 4.47. The lowest BCUT2D eigenvalue weighted by Gasteiger charge is -2.05. The van der Waals surface area contributed by atoms with Crippen LogP contribution >= 0.6 is 15.9 Å². The van der Waals surface area contributed by atoms with E-state index in [1.165, 1.54) is 7.11 Å². The molecule has 0 aliphatic rings. The summed E-state index contributed by atoms with van der Waals surface area (Å²) in [6.07, 6.45) is 0. The smallest absolute Gasteiger partial charge is 0.343 e. The van der Waals surface area contributed by atoms with Crippen molar-refractivity contribution in [3.63, 3.8) is 0 Å². The number of halogens is 1. The first-order chi connectivity index (χ1) is 6.24. The highest BCUT2D eigenvalue weighted by atomic mass is 79.9. The molecule has 0 amide bonds. The molecular formula is C9H9BrO3. The molecule has 3 nitrogen and oxygen atoms in total. The summed E-state index contributed by atoms with van der Waals surface area (Å²) in [6, 6.07) is 7.31. The molecule has 0 fully saturated rings. The van der Waals surface area contributed by atoms with Gasteiger partial charge in [0.2, 0.25) is 0 Å². The Kier molecular flexibility index (Phi) is 3.76. The Labute approximate surface area is 84.8 Å². The zero-order valence-electron chi connectivity index (χ0n) is 7.12. The first kappa shape index (κ1) is 10.1. The van der Waals surface area contributed by atoms with Gasteiger partial charge in [0.05, 0.1) is 11.6 Å². The van der Waals surface area contributed by atoms with Gasteiger partial charge >= 0.3 is 5.97 Å². The van der Waals surface area contributed by atoms with Crippen LogP contribution in [0.15, 0.2) is 28.7 Å². The summed E-state index contributed by atoms with van der Waals surface area (Å²) < 4.78 is 10.4. The van der Waals surface area contributed by atoms with Crippen LogP contribution < -0.4 is 4.74 Å². The zero-order valence-corrected chi connectivity index (χ0v) is 8.71. The van der Waals surface area contributed by atoms with E-state index < -0.39 is 5.97 Å². The van der Waals surface area contributed by atoms with Gasteiger partial charge in [-0.25, -0.2) is 4.79 Å². The van der Waals surface area contributed by atoms with Crippen molar-refractivity contribution in [2.45, 2.75) is 0 Å². The van der Waals surface area contributed by atoms with Gasteiger partial charge in [-0.1, -0.05) is 12.1 Å². The predicted octanol–water partition coefficient (Wildman–Crippen LogP) is 2.00. The second-order valence-corrected chi connectivity index (χ2v) is 3.15. The molecule has 0 aliphatic carbocycles. The Balaban J connectivity index is 2.54. The molecule has 0 unspecified atom stereocenters. The third kappa shape index (κ3) is 3.06. The molecule has 1 aromatic rings. The number of para-hydroxylation sites is 1. The summed E-state index contributed by atoms with van der Waals surface area (Å²) in [5.74, 6) is 0.239. The van der Waals surface area contributed by atoms with Crippen molar-refractivity contribution in [3.05, 3.63) is 28.7 Å². The highest BCUT2D eigenvalue weighted by Gasteiger charge is 2.03. The van der Waals surface area contributed by atoms with Gasteiger partial charge in [-0.3, -0.25) is 0 Å². The Morgan fingerprint density at radius 1 is 1.46 bits per heavy atom. The van der Waals surface area contributed by atoms with Crippen molar-refractivity contribution in [1.82, 2.24) is 0 Å². The summed E-state index contributed by atoms with van der Waals surface area (Å²) in [6.45, 7) is -0.0703. The van der Waals surface area contributed by atoms with Crippen LogP contribution in [0.25, 0.3) is 0 Å². The SMILES string of the molecule is COC(=O)COc1ccccc1Br. The Bertz CT molecular complexity index is 299. The summed E-state index contributed by atoms with van der Waals surface area (Å²) in [4.78, 5) is 10.7. The van der Waals surface area contributed by atoms with E-state index in [0.717, 1.165) is 4.47 Å². The van der Waals surface area contributed by atoms with Crippen LogP contribution in [0, 0.1) is 0 Å². The number of hydrogen-bond donors (Lipinski definition) is 0. The number of ether oxygens (including phenoxy) is 2. The van der Waals surface area contributed by atoms with Gasteiger partial charge in [-0.2, -0.15) is 0 Å². The fraction of sp³-hybridized carbons (Fsp3) is 0.222. The minimum atomic E-state index is -0.393. The number of carbonyl (C=O) groups excluding carboxylic acids is 1. The molecule has 0 radical (unpaired) electrons. The van der Waals surface area contributed by atoms with E-state index in [9.17, 15) is 4.79 Å². The van der Waals surface area contributed by atoms with E-state index in [4.69, 9.17) is 4.74 Å². The minimum Gasteiger partial charge on any atom is -0.481 e. The lowest BCUT2D eigenvalue weighted by atomic mass is 10.3. The van der Waals surface area contributed by atoms with E-state index in [1.54, 1.807) is 6.07 Å². The second-order valence-electron chi connectivity index (χ2n) is 2.30. The molecule has 4 heteroatoms.